The molecule has 102 valence electrons. The van der Waals surface area contributed by atoms with E-state index in [0.717, 1.165) is 19.3 Å². The van der Waals surface area contributed by atoms with Gasteiger partial charge in [0.2, 0.25) is 0 Å². The van der Waals surface area contributed by atoms with Crippen LogP contribution in [0, 0.1) is 23.2 Å². The minimum Gasteiger partial charge on any atom is -0.459 e. The highest BCUT2D eigenvalue weighted by atomic mass is 16.6. The van der Waals surface area contributed by atoms with Gasteiger partial charge < -0.3 is 14.6 Å². The maximum atomic E-state index is 11.6. The third-order valence-corrected chi connectivity index (χ3v) is 5.28. The summed E-state index contributed by atoms with van der Waals surface area (Å²) in [6.07, 6.45) is 1.75. The Balaban J connectivity index is 1.71. The Morgan fingerprint density at radius 3 is 2.89 bits per heavy atom. The molecule has 2 saturated carbocycles. The molecule has 0 amide bonds. The fourth-order valence-electron chi connectivity index (χ4n) is 3.60. The van der Waals surface area contributed by atoms with Crippen molar-refractivity contribution in [3.8, 4) is 0 Å². The van der Waals surface area contributed by atoms with Crippen molar-refractivity contribution >= 4 is 5.97 Å². The Morgan fingerprint density at radius 2 is 2.22 bits per heavy atom. The van der Waals surface area contributed by atoms with Gasteiger partial charge in [0.05, 0.1) is 5.92 Å². The maximum absolute atomic E-state index is 11.6. The summed E-state index contributed by atoms with van der Waals surface area (Å²) in [6, 6.07) is 0. The lowest BCUT2D eigenvalue weighted by atomic mass is 9.86. The van der Waals surface area contributed by atoms with E-state index in [0.29, 0.717) is 11.8 Å². The molecule has 0 radical (unpaired) electrons. The molecule has 6 atom stereocenters. The van der Waals surface area contributed by atoms with Crippen LogP contribution in [0.15, 0.2) is 0 Å². The molecule has 2 bridgehead atoms. The van der Waals surface area contributed by atoms with Crippen molar-refractivity contribution < 1.29 is 19.4 Å². The molecule has 0 aromatic carbocycles. The largest absolute Gasteiger partial charge is 0.459 e. The number of hydrogen-bond acceptors (Lipinski definition) is 4. The van der Waals surface area contributed by atoms with Crippen LogP contribution < -0.4 is 0 Å². The molecular weight excluding hydrogens is 232 g/mol. The molecule has 4 heteroatoms. The molecule has 1 aliphatic heterocycles. The first kappa shape index (κ1) is 12.4. The van der Waals surface area contributed by atoms with Crippen LogP contribution >= 0.6 is 0 Å². The first-order chi connectivity index (χ1) is 8.44. The lowest BCUT2D eigenvalue weighted by molar-refractivity contribution is -0.218. The summed E-state index contributed by atoms with van der Waals surface area (Å²) in [4.78, 5) is 11.6. The van der Waals surface area contributed by atoms with Crippen LogP contribution in [-0.4, -0.2) is 29.6 Å². The Hall–Kier alpha value is -0.610. The highest BCUT2D eigenvalue weighted by Gasteiger charge is 2.62. The summed E-state index contributed by atoms with van der Waals surface area (Å²) in [7, 11) is 0. The molecule has 6 unspecified atom stereocenters. The van der Waals surface area contributed by atoms with Crippen molar-refractivity contribution in [2.45, 2.75) is 58.5 Å². The second-order valence-corrected chi connectivity index (χ2v) is 6.70. The van der Waals surface area contributed by atoms with Gasteiger partial charge in [0.1, 0.15) is 12.2 Å². The molecule has 0 aromatic heterocycles. The minimum absolute atomic E-state index is 0.0529. The molecule has 3 aliphatic rings. The predicted octanol–water partition coefficient (Wildman–Crippen LogP) is 1.71. The highest BCUT2D eigenvalue weighted by molar-refractivity contribution is 5.76. The number of carbonyl (C=O) groups excluding carboxylic acids is 1. The van der Waals surface area contributed by atoms with Crippen molar-refractivity contribution in [1.82, 2.24) is 0 Å². The predicted molar refractivity (Wildman–Crippen MR) is 64.5 cm³/mol. The third kappa shape index (κ3) is 1.62. The molecule has 4 nitrogen and oxygen atoms in total. The molecule has 18 heavy (non-hydrogen) atoms. The molecular formula is C14H22O4. The van der Waals surface area contributed by atoms with E-state index in [-0.39, 0.29) is 29.5 Å². The standard InChI is InChI=1S/C14H22O4/c1-4-14(2,3)13(16)18-10-7-5-8-9(6-7)12(15)17-11(8)10/h7-11,13,16H,4-6H2,1-3H3. The molecule has 1 N–H and O–H groups in total. The van der Waals surface area contributed by atoms with Gasteiger partial charge in [-0.2, -0.15) is 0 Å². The van der Waals surface area contributed by atoms with Crippen LogP contribution in [-0.2, 0) is 14.3 Å². The van der Waals surface area contributed by atoms with E-state index < -0.39 is 6.29 Å². The van der Waals surface area contributed by atoms with E-state index in [1.807, 2.05) is 20.8 Å². The number of aliphatic hydroxyl groups excluding tert-OH is 1. The summed E-state index contributed by atoms with van der Waals surface area (Å²) >= 11 is 0. The summed E-state index contributed by atoms with van der Waals surface area (Å²) in [5, 5.41) is 10.2. The average Bonchev–Trinajstić information content (AvgIpc) is 2.93. The second kappa shape index (κ2) is 3.94. The van der Waals surface area contributed by atoms with Crippen molar-refractivity contribution in [3.63, 3.8) is 0 Å². The van der Waals surface area contributed by atoms with Crippen molar-refractivity contribution in [2.75, 3.05) is 0 Å². The zero-order valence-corrected chi connectivity index (χ0v) is 11.3. The second-order valence-electron chi connectivity index (χ2n) is 6.70. The maximum Gasteiger partial charge on any atom is 0.309 e. The summed E-state index contributed by atoms with van der Waals surface area (Å²) < 4.78 is 11.3. The van der Waals surface area contributed by atoms with Gasteiger partial charge in [-0.15, -0.1) is 0 Å². The first-order valence-corrected chi connectivity index (χ1v) is 6.98. The molecule has 3 fully saturated rings. The first-order valence-electron chi connectivity index (χ1n) is 6.98. The average molecular weight is 254 g/mol. The summed E-state index contributed by atoms with van der Waals surface area (Å²) in [5.74, 6) is 0.780. The quantitative estimate of drug-likeness (QED) is 0.613. The number of esters is 1. The van der Waals surface area contributed by atoms with Gasteiger partial charge in [-0.05, 0) is 25.2 Å². The van der Waals surface area contributed by atoms with Gasteiger partial charge in [0.25, 0.3) is 0 Å². The Morgan fingerprint density at radius 1 is 1.50 bits per heavy atom. The van der Waals surface area contributed by atoms with Gasteiger partial charge in [-0.3, -0.25) is 4.79 Å². The van der Waals surface area contributed by atoms with Crippen LogP contribution in [0.2, 0.25) is 0 Å². The van der Waals surface area contributed by atoms with E-state index >= 15 is 0 Å². The lowest BCUT2D eigenvalue weighted by Gasteiger charge is -2.34. The molecule has 1 heterocycles. The SMILES string of the molecule is CCC(C)(C)C(O)OC1C2CC3C(=O)OC1C3C2. The number of fused-ring (bicyclic) bond motifs is 1. The fourth-order valence-corrected chi connectivity index (χ4v) is 3.60. The van der Waals surface area contributed by atoms with E-state index in [1.165, 1.54) is 0 Å². The van der Waals surface area contributed by atoms with Crippen LogP contribution in [0.4, 0.5) is 0 Å². The minimum atomic E-state index is -0.787. The highest BCUT2D eigenvalue weighted by Crippen LogP contribution is 2.55. The van der Waals surface area contributed by atoms with Gasteiger partial charge in [-0.25, -0.2) is 0 Å². The fraction of sp³-hybridized carbons (Fsp3) is 0.929. The van der Waals surface area contributed by atoms with Gasteiger partial charge in [0.15, 0.2) is 6.29 Å². The van der Waals surface area contributed by atoms with Gasteiger partial charge in [-0.1, -0.05) is 20.8 Å². The van der Waals surface area contributed by atoms with Gasteiger partial charge in [0, 0.05) is 11.3 Å². The third-order valence-electron chi connectivity index (χ3n) is 5.28. The van der Waals surface area contributed by atoms with Crippen molar-refractivity contribution in [3.05, 3.63) is 0 Å². The van der Waals surface area contributed by atoms with Crippen molar-refractivity contribution in [1.29, 1.82) is 0 Å². The monoisotopic (exact) mass is 254 g/mol. The van der Waals surface area contributed by atoms with Gasteiger partial charge >= 0.3 is 5.97 Å². The number of rotatable bonds is 4. The lowest BCUT2D eigenvalue weighted by Crippen LogP contribution is -2.42. The summed E-state index contributed by atoms with van der Waals surface area (Å²) in [6.45, 7) is 6.03. The smallest absolute Gasteiger partial charge is 0.309 e. The van der Waals surface area contributed by atoms with E-state index in [2.05, 4.69) is 0 Å². The zero-order chi connectivity index (χ0) is 13.1. The molecule has 0 spiro atoms. The number of carbonyl (C=O) groups is 1. The van der Waals surface area contributed by atoms with Crippen molar-refractivity contribution in [2.24, 2.45) is 23.2 Å². The number of aliphatic hydroxyl groups is 1. The van der Waals surface area contributed by atoms with Crippen LogP contribution in [0.25, 0.3) is 0 Å². The normalized spacial score (nSPS) is 43.3. The molecule has 1 saturated heterocycles. The van der Waals surface area contributed by atoms with Crippen LogP contribution in [0.1, 0.15) is 40.0 Å². The van der Waals surface area contributed by atoms with E-state index in [9.17, 15) is 9.90 Å². The number of hydrogen-bond donors (Lipinski definition) is 1. The van der Waals surface area contributed by atoms with Crippen LogP contribution in [0.5, 0.6) is 0 Å². The Labute approximate surface area is 108 Å². The summed E-state index contributed by atoms with van der Waals surface area (Å²) in [5.41, 5.74) is -0.260. The number of ether oxygens (including phenoxy) is 2. The zero-order valence-electron chi connectivity index (χ0n) is 11.3. The molecule has 0 aromatic rings. The van der Waals surface area contributed by atoms with E-state index in [4.69, 9.17) is 9.47 Å². The van der Waals surface area contributed by atoms with Crippen LogP contribution in [0.3, 0.4) is 0 Å². The Bertz CT molecular complexity index is 365. The molecule has 3 rings (SSSR count). The Kier molecular flexibility index (Phi) is 2.72. The molecule has 2 aliphatic carbocycles. The van der Waals surface area contributed by atoms with E-state index in [1.54, 1.807) is 0 Å². The topological polar surface area (TPSA) is 55.8 Å².